The van der Waals surface area contributed by atoms with E-state index in [-0.39, 0.29) is 71.0 Å². The maximum atomic E-state index is 15.2. The molecule has 4 bridgehead atoms. The smallest absolute Gasteiger partial charge is 0.185 e. The van der Waals surface area contributed by atoms with Gasteiger partial charge in [0, 0.05) is 65.6 Å². The van der Waals surface area contributed by atoms with Gasteiger partial charge in [0.2, 0.25) is 0 Å². The Labute approximate surface area is 395 Å². The Morgan fingerprint density at radius 1 is 0.877 bits per heavy atom. The number of aromatic nitrogens is 2. The number of nitrogens with zero attached hydrogens (tertiary/aromatic N) is 3. The van der Waals surface area contributed by atoms with Gasteiger partial charge in [-0.15, -0.1) is 0 Å². The number of carbonyl (C=O) groups is 1. The molecule has 6 saturated carbocycles. The van der Waals surface area contributed by atoms with Crippen molar-refractivity contribution in [2.45, 2.75) is 166 Å². The minimum atomic E-state index is -1.33. The number of carbonyl (C=O) groups excluding carboxylic acids is 1. The molecule has 8 N–H and O–H groups in total. The third-order valence-corrected chi connectivity index (χ3v) is 23.2. The highest BCUT2D eigenvalue weighted by Gasteiger charge is 2.74. The number of guanidine groups is 1. The average Bonchev–Trinajstić information content (AvgIpc) is 3.91. The van der Waals surface area contributed by atoms with Gasteiger partial charge in [-0.3, -0.25) is 9.79 Å². The van der Waals surface area contributed by atoms with E-state index in [0.717, 1.165) is 87.7 Å². The molecule has 16 atom stereocenters. The van der Waals surface area contributed by atoms with Crippen LogP contribution in [0.5, 0.6) is 0 Å². The molecule has 356 valence electrons. The number of aliphatic imine (C=N–C) groups is 1. The van der Waals surface area contributed by atoms with Crippen molar-refractivity contribution in [1.29, 1.82) is 0 Å². The fourth-order valence-corrected chi connectivity index (χ4v) is 21.2. The van der Waals surface area contributed by atoms with Gasteiger partial charge in [-0.2, -0.15) is 0 Å². The molecule has 1 saturated heterocycles. The summed E-state index contributed by atoms with van der Waals surface area (Å²) in [5.74, 6) is 1.81. The number of imidazole rings is 1. The Balaban J connectivity index is 1.10. The van der Waals surface area contributed by atoms with Gasteiger partial charge in [0.05, 0.1) is 30.2 Å². The van der Waals surface area contributed by atoms with Crippen LogP contribution in [-0.2, 0) is 4.79 Å². The summed E-state index contributed by atoms with van der Waals surface area (Å²) in [6.45, 7) is 7.68. The van der Waals surface area contributed by atoms with E-state index in [1.54, 1.807) is 16.7 Å². The molecule has 1 aliphatic heterocycles. The molecule has 0 amide bonds. The lowest BCUT2D eigenvalue weighted by Gasteiger charge is -2.66. The van der Waals surface area contributed by atoms with Gasteiger partial charge in [-0.1, -0.05) is 90.3 Å². The molecule has 9 aliphatic carbocycles. The Morgan fingerprint density at radius 2 is 1.65 bits per heavy atom. The number of nitrogens with two attached hydrogens (primary N) is 2. The van der Waals surface area contributed by atoms with Crippen LogP contribution in [0.2, 0.25) is 0 Å². The van der Waals surface area contributed by atoms with Crippen molar-refractivity contribution >= 4 is 33.3 Å². The molecular formula is C53H77N5O5S2. The minimum Gasteiger partial charge on any atom is -0.392 e. The van der Waals surface area contributed by atoms with E-state index >= 15 is 4.79 Å². The lowest BCUT2D eigenvalue weighted by Crippen LogP contribution is -2.67. The van der Waals surface area contributed by atoms with E-state index in [4.69, 9.17) is 16.5 Å². The van der Waals surface area contributed by atoms with Crippen LogP contribution in [0.4, 0.5) is 0 Å². The van der Waals surface area contributed by atoms with E-state index in [0.29, 0.717) is 31.2 Å². The minimum absolute atomic E-state index is 0.00545. The summed E-state index contributed by atoms with van der Waals surface area (Å²) < 4.78 is 2.32. The second kappa shape index (κ2) is 16.8. The zero-order valence-electron chi connectivity index (χ0n) is 39.3. The van der Waals surface area contributed by atoms with Crippen LogP contribution in [0.15, 0.2) is 57.7 Å². The summed E-state index contributed by atoms with van der Waals surface area (Å²) in [4.78, 5) is 24.5. The van der Waals surface area contributed by atoms with Crippen molar-refractivity contribution in [2.75, 3.05) is 18.1 Å². The van der Waals surface area contributed by atoms with Crippen molar-refractivity contribution in [1.82, 2.24) is 9.55 Å². The first-order valence-corrected chi connectivity index (χ1v) is 28.4. The van der Waals surface area contributed by atoms with Gasteiger partial charge in [0.25, 0.3) is 0 Å². The van der Waals surface area contributed by atoms with Crippen LogP contribution in [0.25, 0.3) is 0 Å². The summed E-state index contributed by atoms with van der Waals surface area (Å²) in [5, 5.41) is 51.4. The molecular weight excluding hydrogens is 851 g/mol. The Morgan fingerprint density at radius 3 is 2.42 bits per heavy atom. The molecule has 65 heavy (non-hydrogen) atoms. The Bertz CT molecular complexity index is 2140. The normalized spacial score (nSPS) is 46.2. The van der Waals surface area contributed by atoms with Crippen LogP contribution >= 0.6 is 21.6 Å². The topological polar surface area (TPSA) is 180 Å². The summed E-state index contributed by atoms with van der Waals surface area (Å²) in [6.07, 6.45) is 22.9. The molecule has 7 fully saturated rings. The molecule has 10 nitrogen and oxygen atoms in total. The van der Waals surface area contributed by atoms with Gasteiger partial charge < -0.3 is 36.5 Å². The van der Waals surface area contributed by atoms with Crippen LogP contribution in [0.3, 0.4) is 0 Å². The number of allylic oxidation sites excluding steroid dienone is 3. The quantitative estimate of drug-likeness (QED) is 0.0745. The predicted molar refractivity (Wildman–Crippen MR) is 259 cm³/mol. The summed E-state index contributed by atoms with van der Waals surface area (Å²) in [6, 6.07) is 0.205. The van der Waals surface area contributed by atoms with E-state index in [2.05, 4.69) is 36.5 Å². The highest BCUT2D eigenvalue weighted by atomic mass is 33.1. The number of aliphatic hydroxyl groups excluding tert-OH is 3. The number of rotatable bonds is 4. The van der Waals surface area contributed by atoms with E-state index < -0.39 is 40.7 Å². The first-order valence-electron chi connectivity index (χ1n) is 25.9. The third kappa shape index (κ3) is 6.87. The zero-order valence-corrected chi connectivity index (χ0v) is 40.9. The third-order valence-electron chi connectivity index (χ3n) is 20.7. The first kappa shape index (κ1) is 45.4. The van der Waals surface area contributed by atoms with Crippen molar-refractivity contribution < 1.29 is 25.2 Å². The SMILES string of the molecule is CC1(C)C[C@H](n2ccnc2)CSSC[C@H]2C[C@H]([C@@H]3C[C@@H]4CCCC5=C4[C@H](C1=C1CCCC[C@@H]51)[C@H]3O)[C@@]1(C)C[C@@H](CN=C(N)N)[C@H]3C(=CC(=O)[C@@H]4C[C@@H](O)[C@@H](O)C[C@]34C3CCCCC3)[C@]21O. The molecule has 1 aromatic rings. The van der Waals surface area contributed by atoms with Gasteiger partial charge in [0.1, 0.15) is 0 Å². The van der Waals surface area contributed by atoms with Crippen LogP contribution in [0, 0.1) is 75.4 Å². The molecule has 0 spiro atoms. The number of fused-ring (bicyclic) bond motifs is 13. The summed E-state index contributed by atoms with van der Waals surface area (Å²) in [5.41, 5.74) is 16.9. The average molecular weight is 928 g/mol. The highest BCUT2D eigenvalue weighted by molar-refractivity contribution is 8.76. The number of ketones is 1. The Hall–Kier alpha value is -2.09. The largest absolute Gasteiger partial charge is 0.392 e. The fourth-order valence-electron chi connectivity index (χ4n) is 18.5. The second-order valence-electron chi connectivity index (χ2n) is 24.0. The van der Waals surface area contributed by atoms with Crippen molar-refractivity contribution in [3.63, 3.8) is 0 Å². The standard InChI is InChI=1S/C53H77N5O5S2/c1-50(2)23-33(58-17-16-56-28-58)27-65-64-26-32-19-38(37-18-29-10-9-15-35-34-13-7-8-14-36(34)47(50)45(44(29)35)48(37)62)51(3)22-30(25-57-49(54)55)46-40(53(32,51)63)21-41(59)39-20-42(60)43(61)24-52(39,46)31-11-5-4-6-12-31/h16-17,21,28-34,37-39,42-43,45-46,48,60-63H,4-15,18-20,22-27H2,1-3H3,(H4,54,55,57)/t29-,30-,32+,33-,34-,37-,38+,39-,42+,43-,45+,46-,48-,51+,52+,53+/m0/s1. The predicted octanol–water partition coefficient (Wildman–Crippen LogP) is 8.32. The molecule has 12 heteroatoms. The lowest BCUT2D eigenvalue weighted by molar-refractivity contribution is -0.189. The maximum absolute atomic E-state index is 15.2. The van der Waals surface area contributed by atoms with Crippen LogP contribution < -0.4 is 11.5 Å². The maximum Gasteiger partial charge on any atom is 0.185 e. The van der Waals surface area contributed by atoms with Gasteiger partial charge in [-0.05, 0) is 148 Å². The lowest BCUT2D eigenvalue weighted by atomic mass is 9.39. The summed E-state index contributed by atoms with van der Waals surface area (Å²) >= 11 is 0. The number of hydrogen-bond acceptors (Lipinski definition) is 9. The number of aliphatic hydroxyl groups is 4. The van der Waals surface area contributed by atoms with E-state index in [1.165, 1.54) is 31.3 Å². The molecule has 11 rings (SSSR count). The second-order valence-corrected chi connectivity index (χ2v) is 26.6. The van der Waals surface area contributed by atoms with Gasteiger partial charge in [0.15, 0.2) is 11.7 Å². The molecule has 10 aliphatic rings. The molecule has 0 radical (unpaired) electrons. The van der Waals surface area contributed by atoms with Crippen LogP contribution in [-0.4, -0.2) is 83.7 Å². The van der Waals surface area contributed by atoms with Crippen LogP contribution in [0.1, 0.15) is 142 Å². The molecule has 0 unspecified atom stereocenters. The number of hydrogen-bond donors (Lipinski definition) is 6. The zero-order chi connectivity index (χ0) is 45.2. The monoisotopic (exact) mass is 928 g/mol. The van der Waals surface area contributed by atoms with Gasteiger partial charge in [-0.25, -0.2) is 4.98 Å². The fraction of sp³-hybridized carbons (Fsp3) is 0.792. The molecule has 2 heterocycles. The summed E-state index contributed by atoms with van der Waals surface area (Å²) in [7, 11) is 3.79. The van der Waals surface area contributed by atoms with Gasteiger partial charge >= 0.3 is 0 Å². The van der Waals surface area contributed by atoms with E-state index in [9.17, 15) is 20.4 Å². The van der Waals surface area contributed by atoms with E-state index in [1.807, 2.05) is 40.2 Å². The van der Waals surface area contributed by atoms with Crippen molar-refractivity contribution in [2.24, 2.45) is 91.9 Å². The Kier molecular flexibility index (Phi) is 11.7. The molecule has 1 aromatic heterocycles. The first-order chi connectivity index (χ1) is 31.2. The molecule has 0 aromatic carbocycles. The highest BCUT2D eigenvalue weighted by Crippen LogP contribution is 2.75. The van der Waals surface area contributed by atoms with Crippen molar-refractivity contribution in [3.8, 4) is 0 Å². The van der Waals surface area contributed by atoms with Crippen molar-refractivity contribution in [3.05, 3.63) is 52.7 Å².